The van der Waals surface area contributed by atoms with Crippen LogP contribution in [-0.2, 0) is 5.33 Å². The normalized spacial score (nSPS) is 10.4. The van der Waals surface area contributed by atoms with Crippen molar-refractivity contribution in [1.29, 1.82) is 0 Å². The molecule has 0 atom stereocenters. The summed E-state index contributed by atoms with van der Waals surface area (Å²) < 4.78 is 2.76. The fourth-order valence-electron chi connectivity index (χ4n) is 1.11. The van der Waals surface area contributed by atoms with Gasteiger partial charge in [-0.2, -0.15) is 0 Å². The highest BCUT2D eigenvalue weighted by molar-refractivity contribution is 9.10. The Hall–Kier alpha value is -0.680. The van der Waals surface area contributed by atoms with E-state index in [9.17, 15) is 0 Å². The molecule has 0 bridgehead atoms. The summed E-state index contributed by atoms with van der Waals surface area (Å²) in [6, 6.07) is 7.90. The van der Waals surface area contributed by atoms with Crippen LogP contribution >= 0.6 is 31.9 Å². The first-order chi connectivity index (χ1) is 6.81. The van der Waals surface area contributed by atoms with Gasteiger partial charge in [0.2, 0.25) is 0 Å². The number of hydrogen-bond donors (Lipinski definition) is 0. The quantitative estimate of drug-likeness (QED) is 0.798. The van der Waals surface area contributed by atoms with E-state index in [4.69, 9.17) is 0 Å². The predicted octanol–water partition coefficient (Wildman–Crippen LogP) is 2.92. The third-order valence-electron chi connectivity index (χ3n) is 1.78. The van der Waals surface area contributed by atoms with Crippen LogP contribution in [-0.4, -0.2) is 15.0 Å². The number of benzene rings is 1. The van der Waals surface area contributed by atoms with Crippen molar-refractivity contribution in [2.75, 3.05) is 0 Å². The third-order valence-corrected chi connectivity index (χ3v) is 3.02. The molecule has 0 amide bonds. The summed E-state index contributed by atoms with van der Waals surface area (Å²) in [5.74, 6) is 0. The Morgan fingerprint density at radius 3 is 2.71 bits per heavy atom. The lowest BCUT2D eigenvalue weighted by Gasteiger charge is -2.01. The molecule has 0 spiro atoms. The Labute approximate surface area is 98.4 Å². The number of halogens is 2. The maximum absolute atomic E-state index is 4.02. The fraction of sp³-hybridized carbons (Fsp3) is 0.111. The van der Waals surface area contributed by atoms with Gasteiger partial charge in [-0.05, 0) is 28.1 Å². The first-order valence-corrected chi connectivity index (χ1v) is 5.95. The number of hydrogen-bond acceptors (Lipinski definition) is 2. The van der Waals surface area contributed by atoms with Crippen LogP contribution in [0.4, 0.5) is 0 Å². The molecule has 0 N–H and O–H groups in total. The van der Waals surface area contributed by atoms with E-state index >= 15 is 0 Å². The zero-order valence-electron chi connectivity index (χ0n) is 7.19. The van der Waals surface area contributed by atoms with Crippen LogP contribution < -0.4 is 0 Å². The van der Waals surface area contributed by atoms with Crippen LogP contribution in [0.1, 0.15) is 5.69 Å². The topological polar surface area (TPSA) is 30.7 Å². The summed E-state index contributed by atoms with van der Waals surface area (Å²) in [6.07, 6.45) is 1.90. The van der Waals surface area contributed by atoms with Crippen LogP contribution in [0.5, 0.6) is 0 Å². The molecule has 0 unspecified atom stereocenters. The maximum atomic E-state index is 4.02. The van der Waals surface area contributed by atoms with Crippen molar-refractivity contribution < 1.29 is 0 Å². The molecule has 0 aliphatic carbocycles. The molecule has 0 saturated carbocycles. The molecule has 0 saturated heterocycles. The smallest absolute Gasteiger partial charge is 0.0937 e. The van der Waals surface area contributed by atoms with Crippen molar-refractivity contribution in [3.8, 4) is 5.69 Å². The van der Waals surface area contributed by atoms with Crippen LogP contribution in [0.2, 0.25) is 0 Å². The minimum Gasteiger partial charge on any atom is -0.219 e. The summed E-state index contributed by atoms with van der Waals surface area (Å²) in [6.45, 7) is 0. The molecule has 1 heterocycles. The molecule has 0 aliphatic heterocycles. The van der Waals surface area contributed by atoms with Crippen molar-refractivity contribution >= 4 is 31.9 Å². The maximum Gasteiger partial charge on any atom is 0.0937 e. The second kappa shape index (κ2) is 4.23. The molecule has 1 aromatic carbocycles. The molecule has 0 fully saturated rings. The highest BCUT2D eigenvalue weighted by Crippen LogP contribution is 2.19. The zero-order chi connectivity index (χ0) is 9.97. The van der Waals surface area contributed by atoms with Gasteiger partial charge in [-0.25, -0.2) is 4.68 Å². The van der Waals surface area contributed by atoms with Crippen molar-refractivity contribution in [3.05, 3.63) is 40.6 Å². The Morgan fingerprint density at radius 1 is 1.29 bits per heavy atom. The molecule has 1 aromatic heterocycles. The highest BCUT2D eigenvalue weighted by atomic mass is 79.9. The molecule has 14 heavy (non-hydrogen) atoms. The van der Waals surface area contributed by atoms with E-state index in [0.29, 0.717) is 0 Å². The molecule has 0 radical (unpaired) electrons. The fourth-order valence-corrected chi connectivity index (χ4v) is 1.84. The summed E-state index contributed by atoms with van der Waals surface area (Å²) >= 11 is 6.80. The minimum atomic E-state index is 0.720. The number of rotatable bonds is 2. The molecule has 3 nitrogen and oxygen atoms in total. The largest absolute Gasteiger partial charge is 0.219 e. The lowest BCUT2D eigenvalue weighted by molar-refractivity contribution is 0.798. The van der Waals surface area contributed by atoms with Crippen molar-refractivity contribution in [2.45, 2.75) is 5.33 Å². The van der Waals surface area contributed by atoms with E-state index < -0.39 is 0 Å². The second-order valence-electron chi connectivity index (χ2n) is 2.74. The predicted molar refractivity (Wildman–Crippen MR) is 61.7 cm³/mol. The summed E-state index contributed by atoms with van der Waals surface area (Å²) in [7, 11) is 0. The zero-order valence-corrected chi connectivity index (χ0v) is 10.4. The van der Waals surface area contributed by atoms with Gasteiger partial charge >= 0.3 is 0 Å². The standard InChI is InChI=1S/C9H7Br2N3/c10-5-7-6-14(13-12-7)9-4-2-1-3-8(9)11/h1-4,6H,5H2. The van der Waals surface area contributed by atoms with E-state index in [2.05, 4.69) is 42.2 Å². The highest BCUT2D eigenvalue weighted by Gasteiger charge is 2.03. The van der Waals surface area contributed by atoms with Gasteiger partial charge in [0.15, 0.2) is 0 Å². The van der Waals surface area contributed by atoms with E-state index in [1.54, 1.807) is 4.68 Å². The van der Waals surface area contributed by atoms with E-state index in [0.717, 1.165) is 21.2 Å². The van der Waals surface area contributed by atoms with Gasteiger partial charge in [0.25, 0.3) is 0 Å². The SMILES string of the molecule is BrCc1cn(-c2ccccc2Br)nn1. The van der Waals surface area contributed by atoms with Gasteiger partial charge in [-0.3, -0.25) is 0 Å². The lowest BCUT2D eigenvalue weighted by atomic mass is 10.3. The van der Waals surface area contributed by atoms with Crippen LogP contribution in [0.3, 0.4) is 0 Å². The van der Waals surface area contributed by atoms with Gasteiger partial charge in [0.05, 0.1) is 17.6 Å². The average Bonchev–Trinajstić information content (AvgIpc) is 2.67. The molecule has 0 aliphatic rings. The monoisotopic (exact) mass is 315 g/mol. The van der Waals surface area contributed by atoms with Gasteiger partial charge in [-0.15, -0.1) is 5.10 Å². The van der Waals surface area contributed by atoms with Crippen molar-refractivity contribution in [2.24, 2.45) is 0 Å². The first-order valence-electron chi connectivity index (χ1n) is 4.03. The number of para-hydroxylation sites is 1. The van der Waals surface area contributed by atoms with E-state index in [-0.39, 0.29) is 0 Å². The first kappa shape index (κ1) is 9.86. The Bertz CT molecular complexity index is 439. The molecular formula is C9H7Br2N3. The molecule has 72 valence electrons. The number of alkyl halides is 1. The van der Waals surface area contributed by atoms with E-state index in [1.807, 2.05) is 30.5 Å². The number of nitrogens with zero attached hydrogens (tertiary/aromatic N) is 3. The lowest BCUT2D eigenvalue weighted by Crippen LogP contribution is -1.95. The third kappa shape index (κ3) is 1.88. The van der Waals surface area contributed by atoms with Gasteiger partial charge in [0.1, 0.15) is 0 Å². The van der Waals surface area contributed by atoms with Crippen LogP contribution in [0, 0.1) is 0 Å². The number of aromatic nitrogens is 3. The molecular weight excluding hydrogens is 310 g/mol. The molecule has 2 aromatic rings. The second-order valence-corrected chi connectivity index (χ2v) is 4.15. The van der Waals surface area contributed by atoms with Crippen molar-refractivity contribution in [1.82, 2.24) is 15.0 Å². The molecule has 5 heteroatoms. The summed E-state index contributed by atoms with van der Waals surface area (Å²) in [5, 5.41) is 8.74. The summed E-state index contributed by atoms with van der Waals surface area (Å²) in [5.41, 5.74) is 1.91. The van der Waals surface area contributed by atoms with Gasteiger partial charge < -0.3 is 0 Å². The van der Waals surface area contributed by atoms with Crippen LogP contribution in [0.25, 0.3) is 5.69 Å². The minimum absolute atomic E-state index is 0.720. The van der Waals surface area contributed by atoms with Crippen molar-refractivity contribution in [3.63, 3.8) is 0 Å². The van der Waals surface area contributed by atoms with Gasteiger partial charge in [0, 0.05) is 9.80 Å². The average molecular weight is 317 g/mol. The summed E-state index contributed by atoms with van der Waals surface area (Å²) in [4.78, 5) is 0. The Morgan fingerprint density at radius 2 is 2.07 bits per heavy atom. The molecule has 2 rings (SSSR count). The Balaban J connectivity index is 2.44. The van der Waals surface area contributed by atoms with Crippen LogP contribution in [0.15, 0.2) is 34.9 Å². The van der Waals surface area contributed by atoms with E-state index in [1.165, 1.54) is 0 Å². The Kier molecular flexibility index (Phi) is 2.98. The van der Waals surface area contributed by atoms with Gasteiger partial charge in [-0.1, -0.05) is 33.3 Å².